The zero-order chi connectivity index (χ0) is 30.8. The van der Waals surface area contributed by atoms with E-state index in [1.807, 2.05) is 0 Å². The van der Waals surface area contributed by atoms with Crippen LogP contribution in [0.2, 0.25) is 0 Å². The van der Waals surface area contributed by atoms with Gasteiger partial charge in [0.25, 0.3) is 5.60 Å². The molecule has 1 heterocycles. The lowest BCUT2D eigenvalue weighted by Crippen LogP contribution is -2.75. The lowest BCUT2D eigenvalue weighted by Gasteiger charge is -2.68. The highest BCUT2D eigenvalue weighted by Gasteiger charge is 2.77. The number of hydrogen-bond acceptors (Lipinski definition) is 11. The van der Waals surface area contributed by atoms with Gasteiger partial charge in [-0.05, 0) is 52.4 Å². The molecule has 2 aliphatic carbocycles. The number of fused-ring (bicyclic) bond motifs is 3. The van der Waals surface area contributed by atoms with E-state index in [9.17, 15) is 34.2 Å². The summed E-state index contributed by atoms with van der Waals surface area (Å²) in [7, 11) is 2.28. The second-order valence-corrected chi connectivity index (χ2v) is 12.8. The average molecular weight is 567 g/mol. The van der Waals surface area contributed by atoms with Crippen LogP contribution in [0, 0.1) is 34.0 Å². The molecule has 1 saturated heterocycles. The molecule has 3 rings (SSSR count). The second kappa shape index (κ2) is 9.94. The van der Waals surface area contributed by atoms with Gasteiger partial charge in [0.1, 0.15) is 6.10 Å². The van der Waals surface area contributed by atoms with E-state index in [4.69, 9.17) is 18.9 Å². The Morgan fingerprint density at radius 2 is 1.70 bits per heavy atom. The molecule has 0 aromatic carbocycles. The minimum Gasteiger partial charge on any atom is -0.469 e. The van der Waals surface area contributed by atoms with Crippen molar-refractivity contribution in [2.45, 2.75) is 91.1 Å². The molecule has 3 fully saturated rings. The van der Waals surface area contributed by atoms with Gasteiger partial charge >= 0.3 is 23.9 Å². The van der Waals surface area contributed by atoms with Crippen molar-refractivity contribution in [1.82, 2.24) is 0 Å². The van der Waals surface area contributed by atoms with E-state index >= 15 is 0 Å². The largest absolute Gasteiger partial charge is 0.469 e. The molecule has 2 saturated carbocycles. The van der Waals surface area contributed by atoms with Crippen LogP contribution in [0.3, 0.4) is 0 Å². The minimum absolute atomic E-state index is 0.000388. The van der Waals surface area contributed by atoms with Crippen molar-refractivity contribution in [1.29, 1.82) is 0 Å². The van der Waals surface area contributed by atoms with Crippen LogP contribution in [0.25, 0.3) is 0 Å². The lowest BCUT2D eigenvalue weighted by atomic mass is 9.36. The molecule has 11 nitrogen and oxygen atoms in total. The lowest BCUT2D eigenvalue weighted by molar-refractivity contribution is -0.264. The quantitative estimate of drug-likeness (QED) is 0.209. The maximum atomic E-state index is 14.1. The van der Waals surface area contributed by atoms with Crippen molar-refractivity contribution in [3.05, 3.63) is 12.2 Å². The molecular weight excluding hydrogens is 524 g/mol. The van der Waals surface area contributed by atoms with Crippen molar-refractivity contribution in [2.75, 3.05) is 14.2 Å². The number of carbonyl (C=O) groups excluding carboxylic acids is 5. The van der Waals surface area contributed by atoms with E-state index in [1.54, 1.807) is 27.7 Å². The number of rotatable bonds is 6. The standard InChI is InChI=1S/C29H42O11/c1-14-11-17-27(6,18(31)13-20(32)37-9)16(25(3,4)36)12-19(39-15(2)30)28(17,7)21-22(33)40-29(8,24(35)38-10)23(34)26(14,21)5/h16-19,21,31,36H,1,11-13H2,2-10H3/t16-,17-,18-,19+,21-,26-,27-,28+,29-/m1/s1. The number of esters is 4. The number of allylic oxidation sites excluding steroid dienone is 1. The van der Waals surface area contributed by atoms with Gasteiger partial charge < -0.3 is 29.2 Å². The van der Waals surface area contributed by atoms with E-state index in [0.717, 1.165) is 7.11 Å². The molecule has 0 aromatic rings. The van der Waals surface area contributed by atoms with Crippen LogP contribution in [-0.4, -0.2) is 77.5 Å². The van der Waals surface area contributed by atoms with E-state index in [2.05, 4.69) is 6.58 Å². The summed E-state index contributed by atoms with van der Waals surface area (Å²) < 4.78 is 21.0. The summed E-state index contributed by atoms with van der Waals surface area (Å²) in [6.45, 7) is 14.7. The summed E-state index contributed by atoms with van der Waals surface area (Å²) >= 11 is 0. The number of aliphatic hydroxyl groups is 2. The molecule has 1 aliphatic heterocycles. The molecule has 0 aromatic heterocycles. The number of ketones is 1. The molecule has 11 heteroatoms. The van der Waals surface area contributed by atoms with Gasteiger partial charge in [0.2, 0.25) is 0 Å². The zero-order valence-corrected chi connectivity index (χ0v) is 24.8. The van der Waals surface area contributed by atoms with Crippen LogP contribution >= 0.6 is 0 Å². The maximum Gasteiger partial charge on any atom is 0.358 e. The molecule has 224 valence electrons. The highest BCUT2D eigenvalue weighted by Crippen LogP contribution is 2.71. The second-order valence-electron chi connectivity index (χ2n) is 12.8. The van der Waals surface area contributed by atoms with Gasteiger partial charge in [-0.25, -0.2) is 4.79 Å². The molecule has 0 radical (unpaired) electrons. The Kier molecular flexibility index (Phi) is 7.88. The normalized spacial score (nSPS) is 40.2. The Labute approximate surface area is 234 Å². The number of methoxy groups -OCH3 is 2. The summed E-state index contributed by atoms with van der Waals surface area (Å²) in [6.07, 6.45) is -2.71. The number of ether oxygens (including phenoxy) is 4. The van der Waals surface area contributed by atoms with Gasteiger partial charge in [0.05, 0.1) is 43.7 Å². The van der Waals surface area contributed by atoms with Gasteiger partial charge in [0, 0.05) is 17.8 Å². The molecule has 0 unspecified atom stereocenters. The van der Waals surface area contributed by atoms with Crippen LogP contribution in [0.15, 0.2) is 12.2 Å². The SMILES string of the molecule is C=C1C[C@H]2[C@@](C)([C@@H](OC(C)=O)C[C@H](C(C)(C)O)[C@@]2(C)[C@H](O)CC(=O)OC)[C@@H]2C(=O)O[C@@](C)(C(=O)OC)C(=O)[C@]12C. The van der Waals surface area contributed by atoms with E-state index in [-0.39, 0.29) is 12.8 Å². The predicted molar refractivity (Wildman–Crippen MR) is 139 cm³/mol. The zero-order valence-electron chi connectivity index (χ0n) is 24.8. The summed E-state index contributed by atoms with van der Waals surface area (Å²) in [6, 6.07) is 0. The minimum atomic E-state index is -2.22. The smallest absolute Gasteiger partial charge is 0.358 e. The summed E-state index contributed by atoms with van der Waals surface area (Å²) in [4.78, 5) is 65.5. The first kappa shape index (κ1) is 31.7. The summed E-state index contributed by atoms with van der Waals surface area (Å²) in [5.41, 5.74) is -7.60. The Morgan fingerprint density at radius 3 is 2.17 bits per heavy atom. The van der Waals surface area contributed by atoms with Crippen molar-refractivity contribution >= 4 is 29.7 Å². The fourth-order valence-electron chi connectivity index (χ4n) is 8.23. The molecule has 3 aliphatic rings. The third kappa shape index (κ3) is 4.27. The van der Waals surface area contributed by atoms with E-state index < -0.39 is 93.5 Å². The fraction of sp³-hybridized carbons (Fsp3) is 0.759. The first-order valence-electron chi connectivity index (χ1n) is 13.4. The molecule has 0 spiro atoms. The highest BCUT2D eigenvalue weighted by molar-refractivity contribution is 6.15. The fourth-order valence-corrected chi connectivity index (χ4v) is 8.23. The Balaban J connectivity index is 2.34. The molecule has 0 bridgehead atoms. The third-order valence-electron chi connectivity index (χ3n) is 10.3. The first-order valence-corrected chi connectivity index (χ1v) is 13.4. The molecule has 2 N–H and O–H groups in total. The molecule has 40 heavy (non-hydrogen) atoms. The number of hydrogen-bond donors (Lipinski definition) is 2. The monoisotopic (exact) mass is 566 g/mol. The van der Waals surface area contributed by atoms with Crippen LogP contribution in [0.4, 0.5) is 0 Å². The van der Waals surface area contributed by atoms with Crippen LogP contribution in [0.1, 0.15) is 67.7 Å². The van der Waals surface area contributed by atoms with Crippen molar-refractivity contribution in [3.8, 4) is 0 Å². The van der Waals surface area contributed by atoms with Crippen molar-refractivity contribution in [2.24, 2.45) is 34.0 Å². The van der Waals surface area contributed by atoms with E-state index in [1.165, 1.54) is 27.9 Å². The van der Waals surface area contributed by atoms with Gasteiger partial charge in [-0.2, -0.15) is 0 Å². The van der Waals surface area contributed by atoms with Gasteiger partial charge in [-0.1, -0.05) is 26.0 Å². The van der Waals surface area contributed by atoms with Gasteiger partial charge in [-0.15, -0.1) is 0 Å². The maximum absolute atomic E-state index is 14.1. The first-order chi connectivity index (χ1) is 18.2. The Hall–Kier alpha value is -2.79. The van der Waals surface area contributed by atoms with Crippen LogP contribution < -0.4 is 0 Å². The summed E-state index contributed by atoms with van der Waals surface area (Å²) in [5, 5.41) is 23.0. The number of Topliss-reactive ketones (excluding diaryl/α,β-unsaturated/α-hetero) is 1. The topological polar surface area (TPSA) is 163 Å². The number of carbonyl (C=O) groups is 5. The van der Waals surface area contributed by atoms with Crippen LogP contribution in [-0.2, 0) is 42.9 Å². The predicted octanol–water partition coefficient (Wildman–Crippen LogP) is 1.90. The molecule has 0 amide bonds. The van der Waals surface area contributed by atoms with Crippen LogP contribution in [0.5, 0.6) is 0 Å². The number of cyclic esters (lactones) is 1. The molecule has 9 atom stereocenters. The third-order valence-corrected chi connectivity index (χ3v) is 10.3. The average Bonchev–Trinajstić information content (AvgIpc) is 2.84. The summed E-state index contributed by atoms with van der Waals surface area (Å²) in [5.74, 6) is -6.72. The highest BCUT2D eigenvalue weighted by atomic mass is 16.6. The van der Waals surface area contributed by atoms with Crippen molar-refractivity contribution < 1.29 is 53.1 Å². The number of aliphatic hydroxyl groups excluding tert-OH is 1. The molecular formula is C29H42O11. The van der Waals surface area contributed by atoms with E-state index in [0.29, 0.717) is 5.57 Å². The Bertz CT molecular complexity index is 1140. The Morgan fingerprint density at radius 1 is 1.12 bits per heavy atom. The van der Waals surface area contributed by atoms with Gasteiger partial charge in [-0.3, -0.25) is 19.2 Å². The van der Waals surface area contributed by atoms with Crippen molar-refractivity contribution in [3.63, 3.8) is 0 Å². The van der Waals surface area contributed by atoms with Gasteiger partial charge in [0.15, 0.2) is 5.78 Å².